The molecule has 5 rings (SSSR count). The van der Waals surface area contributed by atoms with Crippen molar-refractivity contribution in [3.8, 4) is 5.75 Å². The Morgan fingerprint density at radius 1 is 1.00 bits per heavy atom. The molecule has 464 valence electrons. The molecule has 2 fully saturated rings. The van der Waals surface area contributed by atoms with Gasteiger partial charge in [0.05, 0.1) is 56.0 Å². The molecule has 0 aliphatic carbocycles. The summed E-state index contributed by atoms with van der Waals surface area (Å²) in [7, 11) is 4.31. The number of allylic oxidation sites excluding steroid dienone is 3. The van der Waals surface area contributed by atoms with Gasteiger partial charge in [-0.2, -0.15) is 0 Å². The van der Waals surface area contributed by atoms with Crippen molar-refractivity contribution in [1.82, 2.24) is 10.6 Å². The van der Waals surface area contributed by atoms with Crippen LogP contribution in [0.1, 0.15) is 137 Å². The van der Waals surface area contributed by atoms with Crippen LogP contribution in [0.4, 0.5) is 29.7 Å². The SMILES string of the molecule is CCC(CC)C(=O)OCCCCCC(=O)C[C@H](C(=O)N[C@@H](CCCNC(N)=O)C(=O)Cc1cc(F)c(NC(=O)O[C@H]2CC(=O)N(C)c3cc(cc(OC)c3Cl)C/C(C)=C/C=C/[C@@H](OC)[C@]3(O)CC(=O)O[C@@H](C3)[C@@H](C)[C@@H]3O[C@@]23C)cc1F)C(C)C. The summed E-state index contributed by atoms with van der Waals surface area (Å²) in [5.41, 5.74) is 2.78. The first-order valence-electron chi connectivity index (χ1n) is 28.8. The Bertz CT molecular complexity index is 2780. The summed E-state index contributed by atoms with van der Waals surface area (Å²) in [6, 6.07) is 2.70. The number of hydrogen-bond acceptors (Lipinski definition) is 15. The quantitative estimate of drug-likeness (QED) is 0.0269. The number of benzene rings is 2. The van der Waals surface area contributed by atoms with Gasteiger partial charge < -0.3 is 54.8 Å². The maximum atomic E-state index is 16.1. The fourth-order valence-corrected chi connectivity index (χ4v) is 11.2. The lowest BCUT2D eigenvalue weighted by Crippen LogP contribution is -2.53. The molecule has 2 aromatic rings. The van der Waals surface area contributed by atoms with E-state index in [1.54, 1.807) is 52.0 Å². The molecule has 0 aromatic heterocycles. The van der Waals surface area contributed by atoms with E-state index < -0.39 is 125 Å². The molecule has 0 radical (unpaired) electrons. The monoisotopic (exact) mass is 1200 g/mol. The van der Waals surface area contributed by atoms with Gasteiger partial charge in [0.15, 0.2) is 5.78 Å². The molecule has 4 bridgehead atoms. The molecule has 23 heteroatoms. The average Bonchev–Trinajstić information content (AvgIpc) is 1.83. The fraction of sp³-hybridized carbons (Fsp3) is 0.607. The molecule has 5 amide bonds. The molecule has 0 saturated carbocycles. The number of nitrogens with one attached hydrogen (secondary N) is 3. The fourth-order valence-electron chi connectivity index (χ4n) is 10.9. The molecular weight excluding hydrogens is 1120 g/mol. The zero-order valence-corrected chi connectivity index (χ0v) is 50.6. The predicted molar refractivity (Wildman–Crippen MR) is 309 cm³/mol. The molecule has 3 aliphatic rings. The number of ether oxygens (including phenoxy) is 6. The van der Waals surface area contributed by atoms with Crippen molar-refractivity contribution in [3.05, 3.63) is 75.9 Å². The first-order chi connectivity index (χ1) is 39.7. The lowest BCUT2D eigenvalue weighted by molar-refractivity contribution is -0.187. The standard InChI is InChI=1S/C61H84ClF2N5O15/c1-11-38(12-2)57(75)81-23-15-13-14-19-40(70)29-41(34(3)4)56(74)67-44(20-17-22-66-58(65)76)47(71)28-39-27-43(64)45(30-42(39)63)68-59(77)83-51-31-52(72)69(8)46-25-37(26-48(79-9)54(46)62)24-35(5)18-16-21-50(80-10)61(78)32-49(82-53(73)33-61)36(6)55-60(51,7)84-55/h16,18,21,25-27,30,34,36,38,41,44,49-51,55,78H,11-15,17,19-20,22-24,28-29,31-33H2,1-10H3,(H,67,74)(H,68,77)(H3,65,66,76)/b21-16+,35-18+/t36-,41+,44+,49+,50-,51+,55+,60+,61-/m1/s1. The minimum atomic E-state index is -1.71. The van der Waals surface area contributed by atoms with E-state index in [0.29, 0.717) is 56.2 Å². The second-order valence-corrected chi connectivity index (χ2v) is 23.2. The van der Waals surface area contributed by atoms with Crippen LogP contribution in [0, 0.1) is 35.3 Å². The number of nitrogens with two attached hydrogens (primary N) is 1. The number of primary amides is 1. The van der Waals surface area contributed by atoms with Crippen molar-refractivity contribution in [2.75, 3.05) is 44.6 Å². The van der Waals surface area contributed by atoms with Crippen LogP contribution in [-0.2, 0) is 65.3 Å². The summed E-state index contributed by atoms with van der Waals surface area (Å²) in [6.07, 6.45) is 1.60. The third-order valence-electron chi connectivity index (χ3n) is 16.1. The van der Waals surface area contributed by atoms with E-state index in [2.05, 4.69) is 16.0 Å². The van der Waals surface area contributed by atoms with E-state index in [1.165, 1.54) is 26.2 Å². The van der Waals surface area contributed by atoms with E-state index in [9.17, 15) is 43.5 Å². The minimum Gasteiger partial charge on any atom is -0.495 e. The van der Waals surface area contributed by atoms with Crippen LogP contribution >= 0.6 is 11.6 Å². The van der Waals surface area contributed by atoms with Crippen LogP contribution in [0.15, 0.2) is 48.1 Å². The molecule has 0 unspecified atom stereocenters. The van der Waals surface area contributed by atoms with Crippen molar-refractivity contribution in [2.24, 2.45) is 29.4 Å². The number of carbonyl (C=O) groups excluding carboxylic acids is 8. The highest BCUT2D eigenvalue weighted by molar-refractivity contribution is 6.35. The molecule has 6 N–H and O–H groups in total. The number of carbonyl (C=O) groups is 8. The zero-order chi connectivity index (χ0) is 62.2. The Kier molecular flexibility index (Phi) is 25.3. The van der Waals surface area contributed by atoms with Crippen LogP contribution < -0.4 is 31.3 Å². The number of fused-ring (bicyclic) bond motifs is 5. The molecule has 0 spiro atoms. The van der Waals surface area contributed by atoms with Gasteiger partial charge in [0.2, 0.25) is 11.8 Å². The number of methoxy groups -OCH3 is 2. The van der Waals surface area contributed by atoms with E-state index in [1.807, 2.05) is 26.8 Å². The second kappa shape index (κ2) is 31.1. The number of hydrogen-bond donors (Lipinski definition) is 5. The Hall–Kier alpha value is -6.49. The number of epoxide rings is 1. The first-order valence-corrected chi connectivity index (χ1v) is 29.2. The summed E-state index contributed by atoms with van der Waals surface area (Å²) in [5.74, 6) is -7.07. The topological polar surface area (TPSA) is 281 Å². The highest BCUT2D eigenvalue weighted by Crippen LogP contribution is 2.50. The lowest BCUT2D eigenvalue weighted by Gasteiger charge is -2.41. The van der Waals surface area contributed by atoms with Gasteiger partial charge in [0.25, 0.3) is 0 Å². The van der Waals surface area contributed by atoms with Gasteiger partial charge in [-0.25, -0.2) is 18.4 Å². The molecule has 9 atom stereocenters. The molecule has 3 heterocycles. The maximum absolute atomic E-state index is 16.1. The van der Waals surface area contributed by atoms with E-state index in [-0.39, 0.29) is 91.7 Å². The molecule has 84 heavy (non-hydrogen) atoms. The summed E-state index contributed by atoms with van der Waals surface area (Å²) in [5, 5.41) is 19.4. The summed E-state index contributed by atoms with van der Waals surface area (Å²) in [4.78, 5) is 107. The predicted octanol–water partition coefficient (Wildman–Crippen LogP) is 8.72. The Morgan fingerprint density at radius 2 is 1.71 bits per heavy atom. The third-order valence-corrected chi connectivity index (χ3v) is 16.5. The Morgan fingerprint density at radius 3 is 2.37 bits per heavy atom. The average molecular weight is 1200 g/mol. The number of aliphatic hydroxyl groups is 1. The van der Waals surface area contributed by atoms with Crippen molar-refractivity contribution in [1.29, 1.82) is 0 Å². The maximum Gasteiger partial charge on any atom is 0.412 e. The lowest BCUT2D eigenvalue weighted by atomic mass is 9.78. The van der Waals surface area contributed by atoms with Crippen molar-refractivity contribution in [2.45, 2.75) is 180 Å². The smallest absolute Gasteiger partial charge is 0.412 e. The Labute approximate surface area is 495 Å². The van der Waals surface area contributed by atoms with Gasteiger partial charge in [0.1, 0.15) is 57.7 Å². The van der Waals surface area contributed by atoms with Gasteiger partial charge in [0, 0.05) is 64.3 Å². The van der Waals surface area contributed by atoms with Crippen LogP contribution in [0.2, 0.25) is 5.02 Å². The van der Waals surface area contributed by atoms with E-state index in [4.69, 9.17) is 45.8 Å². The van der Waals surface area contributed by atoms with Gasteiger partial charge >= 0.3 is 24.1 Å². The van der Waals surface area contributed by atoms with E-state index >= 15 is 8.78 Å². The highest BCUT2D eigenvalue weighted by atomic mass is 35.5. The number of rotatable bonds is 25. The van der Waals surface area contributed by atoms with Crippen LogP contribution in [0.25, 0.3) is 0 Å². The van der Waals surface area contributed by atoms with Gasteiger partial charge in [-0.1, -0.05) is 70.0 Å². The van der Waals surface area contributed by atoms with Gasteiger partial charge in [-0.15, -0.1) is 0 Å². The van der Waals surface area contributed by atoms with Crippen molar-refractivity contribution < 1.29 is 80.7 Å². The molecule has 2 saturated heterocycles. The minimum absolute atomic E-state index is 0.0247. The van der Waals surface area contributed by atoms with Crippen molar-refractivity contribution in [3.63, 3.8) is 0 Å². The number of unbranched alkanes of at least 4 members (excludes halogenated alkanes) is 2. The number of Topliss-reactive ketones (excluding diaryl/α,β-unsaturated/α-hetero) is 2. The summed E-state index contributed by atoms with van der Waals surface area (Å²) < 4.78 is 66.8. The summed E-state index contributed by atoms with van der Waals surface area (Å²) >= 11 is 6.80. The number of amides is 5. The number of ketones is 2. The third kappa shape index (κ3) is 18.5. The van der Waals surface area contributed by atoms with Gasteiger partial charge in [-0.3, -0.25) is 34.1 Å². The van der Waals surface area contributed by atoms with Crippen molar-refractivity contribution >= 4 is 70.4 Å². The number of nitrogens with zero attached hydrogens (tertiary/aromatic N) is 1. The molecule has 2 aromatic carbocycles. The largest absolute Gasteiger partial charge is 0.495 e. The summed E-state index contributed by atoms with van der Waals surface area (Å²) in [6.45, 7) is 12.8. The van der Waals surface area contributed by atoms with Crippen LogP contribution in [0.5, 0.6) is 5.75 Å². The number of anilines is 2. The first kappa shape index (κ1) is 68.3. The highest BCUT2D eigenvalue weighted by Gasteiger charge is 2.64. The second-order valence-electron chi connectivity index (χ2n) is 22.8. The Balaban J connectivity index is 1.34. The molecular formula is C61H84ClF2N5O15. The zero-order valence-electron chi connectivity index (χ0n) is 49.9. The number of urea groups is 1. The number of esters is 2. The number of halogens is 3. The van der Waals surface area contributed by atoms with Gasteiger partial charge in [-0.05, 0) is 100 Å². The van der Waals surface area contributed by atoms with Crippen LogP contribution in [-0.4, -0.2) is 129 Å². The van der Waals surface area contributed by atoms with E-state index in [0.717, 1.165) is 5.57 Å². The normalized spacial score (nSPS) is 24.4. The van der Waals surface area contributed by atoms with Crippen LogP contribution in [0.3, 0.4) is 0 Å². The molecule has 20 nitrogen and oxygen atoms in total. The molecule has 3 aliphatic heterocycles.